The molecule has 5 heteroatoms. The van der Waals surface area contributed by atoms with E-state index in [1.807, 2.05) is 41.3 Å². The number of benzene rings is 2. The van der Waals surface area contributed by atoms with Gasteiger partial charge in [0.05, 0.1) is 13.7 Å². The van der Waals surface area contributed by atoms with Gasteiger partial charge in [-0.05, 0) is 54.3 Å². The predicted octanol–water partition coefficient (Wildman–Crippen LogP) is 4.20. The maximum absolute atomic E-state index is 12.5. The Morgan fingerprint density at radius 2 is 2.04 bits per heavy atom. The molecule has 0 unspecified atom stereocenters. The summed E-state index contributed by atoms with van der Waals surface area (Å²) in [6.07, 6.45) is 2.12. The van der Waals surface area contributed by atoms with E-state index in [4.69, 9.17) is 9.47 Å². The third kappa shape index (κ3) is 4.75. The first-order valence-corrected chi connectivity index (χ1v) is 9.27. The minimum atomic E-state index is 0.186. The lowest BCUT2D eigenvalue weighted by Gasteiger charge is -2.29. The van der Waals surface area contributed by atoms with Crippen LogP contribution < -0.4 is 9.47 Å². The Labute approximate surface area is 156 Å². The first kappa shape index (κ1) is 17.8. The standard InChI is InChI=1S/C20H22BrNO3/c1-24-18-8-7-15-9-10-22(14-16(15)12-18)20(23)6-3-11-25-19-5-2-4-17(21)13-19/h2,4-5,7-8,12-13H,3,6,9-11,14H2,1H3. The fraction of sp³-hybridized carbons (Fsp3) is 0.350. The van der Waals surface area contributed by atoms with E-state index in [0.29, 0.717) is 26.0 Å². The fourth-order valence-corrected chi connectivity index (χ4v) is 3.38. The van der Waals surface area contributed by atoms with Crippen LogP contribution >= 0.6 is 15.9 Å². The van der Waals surface area contributed by atoms with Gasteiger partial charge in [0, 0.05) is 24.0 Å². The Morgan fingerprint density at radius 1 is 1.16 bits per heavy atom. The summed E-state index contributed by atoms with van der Waals surface area (Å²) in [6.45, 7) is 1.99. The minimum absolute atomic E-state index is 0.186. The molecule has 0 aromatic heterocycles. The van der Waals surface area contributed by atoms with Crippen molar-refractivity contribution in [3.63, 3.8) is 0 Å². The second kappa shape index (κ2) is 8.39. The van der Waals surface area contributed by atoms with Crippen molar-refractivity contribution in [1.82, 2.24) is 4.90 Å². The lowest BCUT2D eigenvalue weighted by molar-refractivity contribution is -0.132. The number of nitrogens with zero attached hydrogens (tertiary/aromatic N) is 1. The van der Waals surface area contributed by atoms with E-state index in [2.05, 4.69) is 22.0 Å². The third-order valence-electron chi connectivity index (χ3n) is 4.38. The molecule has 0 radical (unpaired) electrons. The predicted molar refractivity (Wildman–Crippen MR) is 101 cm³/mol. The molecule has 25 heavy (non-hydrogen) atoms. The average molecular weight is 404 g/mol. The van der Waals surface area contributed by atoms with Crippen molar-refractivity contribution in [3.05, 3.63) is 58.1 Å². The number of methoxy groups -OCH3 is 1. The molecule has 0 aliphatic carbocycles. The second-order valence-corrected chi connectivity index (χ2v) is 7.02. The highest BCUT2D eigenvalue weighted by Gasteiger charge is 2.20. The van der Waals surface area contributed by atoms with Gasteiger partial charge < -0.3 is 14.4 Å². The highest BCUT2D eigenvalue weighted by molar-refractivity contribution is 9.10. The molecule has 1 aliphatic rings. The Bertz CT molecular complexity index is 747. The Kier molecular flexibility index (Phi) is 5.97. The zero-order valence-corrected chi connectivity index (χ0v) is 15.9. The third-order valence-corrected chi connectivity index (χ3v) is 4.87. The SMILES string of the molecule is COc1ccc2c(c1)CN(C(=O)CCCOc1cccc(Br)c1)CC2. The molecule has 2 aromatic rings. The lowest BCUT2D eigenvalue weighted by atomic mass is 9.99. The van der Waals surface area contributed by atoms with E-state index in [1.165, 1.54) is 11.1 Å². The zero-order chi connectivity index (χ0) is 17.6. The highest BCUT2D eigenvalue weighted by Crippen LogP contribution is 2.24. The van der Waals surface area contributed by atoms with E-state index in [0.717, 1.165) is 28.9 Å². The molecule has 132 valence electrons. The number of amides is 1. The molecule has 2 aromatic carbocycles. The molecular weight excluding hydrogens is 382 g/mol. The molecule has 1 heterocycles. The molecule has 0 atom stereocenters. The quantitative estimate of drug-likeness (QED) is 0.678. The van der Waals surface area contributed by atoms with Gasteiger partial charge in [-0.1, -0.05) is 28.1 Å². The number of hydrogen-bond donors (Lipinski definition) is 0. The first-order valence-electron chi connectivity index (χ1n) is 8.47. The number of fused-ring (bicyclic) bond motifs is 1. The number of ether oxygens (including phenoxy) is 2. The van der Waals surface area contributed by atoms with Crippen LogP contribution in [0.3, 0.4) is 0 Å². The maximum Gasteiger partial charge on any atom is 0.223 e. The normalized spacial score (nSPS) is 13.3. The van der Waals surface area contributed by atoms with Gasteiger partial charge in [-0.3, -0.25) is 4.79 Å². The van der Waals surface area contributed by atoms with Gasteiger partial charge in [0.25, 0.3) is 0 Å². The van der Waals surface area contributed by atoms with Gasteiger partial charge in [-0.25, -0.2) is 0 Å². The van der Waals surface area contributed by atoms with Crippen LogP contribution in [0.5, 0.6) is 11.5 Å². The molecule has 0 bridgehead atoms. The molecule has 4 nitrogen and oxygen atoms in total. The molecule has 1 aliphatic heterocycles. The van der Waals surface area contributed by atoms with E-state index in [1.54, 1.807) is 7.11 Å². The van der Waals surface area contributed by atoms with Gasteiger partial charge in [0.2, 0.25) is 5.91 Å². The maximum atomic E-state index is 12.5. The number of hydrogen-bond acceptors (Lipinski definition) is 3. The van der Waals surface area contributed by atoms with Crippen LogP contribution in [0.1, 0.15) is 24.0 Å². The zero-order valence-electron chi connectivity index (χ0n) is 14.3. The van der Waals surface area contributed by atoms with E-state index >= 15 is 0 Å². The van der Waals surface area contributed by atoms with E-state index in [9.17, 15) is 4.79 Å². The van der Waals surface area contributed by atoms with Crippen molar-refractivity contribution in [2.75, 3.05) is 20.3 Å². The molecular formula is C20H22BrNO3. The van der Waals surface area contributed by atoms with Gasteiger partial charge >= 0.3 is 0 Å². The van der Waals surface area contributed by atoms with Crippen LogP contribution in [0.15, 0.2) is 46.9 Å². The number of carbonyl (C=O) groups excluding carboxylic acids is 1. The van der Waals surface area contributed by atoms with Crippen LogP contribution in [-0.2, 0) is 17.8 Å². The lowest BCUT2D eigenvalue weighted by Crippen LogP contribution is -2.36. The topological polar surface area (TPSA) is 38.8 Å². The van der Waals surface area contributed by atoms with Crippen molar-refractivity contribution >= 4 is 21.8 Å². The van der Waals surface area contributed by atoms with Gasteiger partial charge in [0.1, 0.15) is 11.5 Å². The second-order valence-electron chi connectivity index (χ2n) is 6.11. The summed E-state index contributed by atoms with van der Waals surface area (Å²) in [5.74, 6) is 1.85. The number of carbonyl (C=O) groups is 1. The summed E-state index contributed by atoms with van der Waals surface area (Å²) in [4.78, 5) is 14.4. The van der Waals surface area contributed by atoms with Crippen LogP contribution in [0.2, 0.25) is 0 Å². The smallest absolute Gasteiger partial charge is 0.223 e. The van der Waals surface area contributed by atoms with Crippen molar-refractivity contribution in [3.8, 4) is 11.5 Å². The molecule has 0 spiro atoms. The van der Waals surface area contributed by atoms with Crippen LogP contribution in [0, 0.1) is 0 Å². The molecule has 0 saturated carbocycles. The first-order chi connectivity index (χ1) is 12.2. The monoisotopic (exact) mass is 403 g/mol. The summed E-state index contributed by atoms with van der Waals surface area (Å²) in [5, 5.41) is 0. The Morgan fingerprint density at radius 3 is 2.84 bits per heavy atom. The molecule has 3 rings (SSSR count). The minimum Gasteiger partial charge on any atom is -0.497 e. The van der Waals surface area contributed by atoms with E-state index < -0.39 is 0 Å². The summed E-state index contributed by atoms with van der Waals surface area (Å²) < 4.78 is 12.0. The average Bonchev–Trinajstić information content (AvgIpc) is 2.64. The summed E-state index contributed by atoms with van der Waals surface area (Å²) in [6, 6.07) is 13.9. The van der Waals surface area contributed by atoms with Crippen LogP contribution in [-0.4, -0.2) is 31.1 Å². The Hall–Kier alpha value is -2.01. The molecule has 1 amide bonds. The number of rotatable bonds is 6. The summed E-state index contributed by atoms with van der Waals surface area (Å²) >= 11 is 3.42. The fourth-order valence-electron chi connectivity index (χ4n) is 3.00. The molecule has 0 saturated heterocycles. The molecule has 0 N–H and O–H groups in total. The van der Waals surface area contributed by atoms with Crippen molar-refractivity contribution in [2.24, 2.45) is 0 Å². The van der Waals surface area contributed by atoms with Crippen LogP contribution in [0.4, 0.5) is 0 Å². The van der Waals surface area contributed by atoms with Crippen molar-refractivity contribution in [2.45, 2.75) is 25.8 Å². The van der Waals surface area contributed by atoms with Crippen LogP contribution in [0.25, 0.3) is 0 Å². The van der Waals surface area contributed by atoms with Crippen molar-refractivity contribution < 1.29 is 14.3 Å². The van der Waals surface area contributed by atoms with Gasteiger partial charge in [-0.2, -0.15) is 0 Å². The van der Waals surface area contributed by atoms with E-state index in [-0.39, 0.29) is 5.91 Å². The Balaban J connectivity index is 1.47. The number of halogens is 1. The van der Waals surface area contributed by atoms with Gasteiger partial charge in [-0.15, -0.1) is 0 Å². The highest BCUT2D eigenvalue weighted by atomic mass is 79.9. The largest absolute Gasteiger partial charge is 0.497 e. The molecule has 0 fully saturated rings. The summed E-state index contributed by atoms with van der Waals surface area (Å²) in [7, 11) is 1.67. The summed E-state index contributed by atoms with van der Waals surface area (Å²) in [5.41, 5.74) is 2.49. The van der Waals surface area contributed by atoms with Gasteiger partial charge in [0.15, 0.2) is 0 Å². The van der Waals surface area contributed by atoms with Crippen molar-refractivity contribution in [1.29, 1.82) is 0 Å².